The molecule has 2 aliphatic heterocycles. The van der Waals surface area contributed by atoms with Gasteiger partial charge in [0.1, 0.15) is 0 Å². The predicted molar refractivity (Wildman–Crippen MR) is 81.1 cm³/mol. The summed E-state index contributed by atoms with van der Waals surface area (Å²) in [4.78, 5) is 5.08. The molecule has 4 rings (SSSR count). The highest BCUT2D eigenvalue weighted by molar-refractivity contribution is 5.42. The van der Waals surface area contributed by atoms with Crippen molar-refractivity contribution in [2.45, 2.75) is 38.3 Å². The second kappa shape index (κ2) is 6.22. The fourth-order valence-electron chi connectivity index (χ4n) is 3.59. The zero-order valence-corrected chi connectivity index (χ0v) is 12.8. The summed E-state index contributed by atoms with van der Waals surface area (Å²) in [5.41, 5.74) is 0. The quantitative estimate of drug-likeness (QED) is 0.864. The van der Waals surface area contributed by atoms with Crippen LogP contribution in [0.3, 0.4) is 0 Å². The maximum absolute atomic E-state index is 5.72. The first-order valence-electron chi connectivity index (χ1n) is 8.21. The van der Waals surface area contributed by atoms with E-state index in [4.69, 9.17) is 8.83 Å². The molecule has 6 heteroatoms. The van der Waals surface area contributed by atoms with E-state index in [1.807, 2.05) is 12.1 Å². The number of hydrogen-bond acceptors (Lipinski definition) is 6. The Balaban J connectivity index is 1.38. The lowest BCUT2D eigenvalue weighted by Crippen LogP contribution is -2.46. The largest absolute Gasteiger partial charge is 0.459 e. The van der Waals surface area contributed by atoms with Crippen LogP contribution in [-0.4, -0.2) is 52.2 Å². The Morgan fingerprint density at radius 2 is 2.05 bits per heavy atom. The van der Waals surface area contributed by atoms with Crippen molar-refractivity contribution in [1.82, 2.24) is 20.0 Å². The second-order valence-electron chi connectivity index (χ2n) is 6.25. The number of furan rings is 1. The van der Waals surface area contributed by atoms with Gasteiger partial charge in [-0.05, 0) is 57.5 Å². The Morgan fingerprint density at radius 3 is 2.86 bits per heavy atom. The lowest BCUT2D eigenvalue weighted by Gasteiger charge is -2.36. The summed E-state index contributed by atoms with van der Waals surface area (Å²) < 4.78 is 11.0. The van der Waals surface area contributed by atoms with Gasteiger partial charge in [0.05, 0.1) is 12.8 Å². The molecule has 0 amide bonds. The van der Waals surface area contributed by atoms with Crippen LogP contribution in [0.5, 0.6) is 0 Å². The number of rotatable bonds is 4. The molecule has 2 saturated heterocycles. The SMILES string of the molecule is c1coc(-c2nnc(CN3CCC[C@H](N4CCCC4)C3)o2)c1. The predicted octanol–water partition coefficient (Wildman–Crippen LogP) is 2.39. The van der Waals surface area contributed by atoms with Gasteiger partial charge in [-0.1, -0.05) is 0 Å². The van der Waals surface area contributed by atoms with Crippen LogP contribution in [0, 0.1) is 0 Å². The van der Waals surface area contributed by atoms with Crippen molar-refractivity contribution in [2.75, 3.05) is 26.2 Å². The molecule has 0 aliphatic carbocycles. The van der Waals surface area contributed by atoms with Crippen LogP contribution in [0.1, 0.15) is 31.6 Å². The zero-order chi connectivity index (χ0) is 14.8. The first-order chi connectivity index (χ1) is 10.9. The molecule has 2 aliphatic rings. The molecule has 6 nitrogen and oxygen atoms in total. The van der Waals surface area contributed by atoms with Crippen molar-refractivity contribution < 1.29 is 8.83 Å². The Labute approximate surface area is 130 Å². The molecule has 4 heterocycles. The third-order valence-corrected chi connectivity index (χ3v) is 4.70. The lowest BCUT2D eigenvalue weighted by atomic mass is 10.0. The molecule has 0 bridgehead atoms. The van der Waals surface area contributed by atoms with E-state index in [9.17, 15) is 0 Å². The average Bonchev–Trinajstić information content (AvgIpc) is 3.29. The Hall–Kier alpha value is -1.66. The van der Waals surface area contributed by atoms with E-state index in [1.54, 1.807) is 6.26 Å². The fourth-order valence-corrected chi connectivity index (χ4v) is 3.59. The first-order valence-corrected chi connectivity index (χ1v) is 8.21. The molecule has 0 unspecified atom stereocenters. The van der Waals surface area contributed by atoms with Crippen molar-refractivity contribution in [3.63, 3.8) is 0 Å². The molecule has 22 heavy (non-hydrogen) atoms. The summed E-state index contributed by atoms with van der Waals surface area (Å²) in [5.74, 6) is 1.77. The van der Waals surface area contributed by atoms with E-state index >= 15 is 0 Å². The number of hydrogen-bond donors (Lipinski definition) is 0. The van der Waals surface area contributed by atoms with Gasteiger partial charge in [-0.3, -0.25) is 9.80 Å². The van der Waals surface area contributed by atoms with Crippen molar-refractivity contribution in [2.24, 2.45) is 0 Å². The van der Waals surface area contributed by atoms with Gasteiger partial charge in [0.25, 0.3) is 5.89 Å². The minimum absolute atomic E-state index is 0.466. The monoisotopic (exact) mass is 302 g/mol. The Kier molecular flexibility index (Phi) is 3.95. The number of aromatic nitrogens is 2. The first kappa shape index (κ1) is 14.0. The number of piperidine rings is 1. The van der Waals surface area contributed by atoms with Crippen LogP contribution in [0.2, 0.25) is 0 Å². The third kappa shape index (κ3) is 2.94. The summed E-state index contributed by atoms with van der Waals surface area (Å²) in [6.07, 6.45) is 6.89. The third-order valence-electron chi connectivity index (χ3n) is 4.70. The Morgan fingerprint density at radius 1 is 1.14 bits per heavy atom. The molecular weight excluding hydrogens is 280 g/mol. The van der Waals surface area contributed by atoms with Gasteiger partial charge in [0.15, 0.2) is 5.76 Å². The summed E-state index contributed by atoms with van der Waals surface area (Å²) >= 11 is 0. The number of likely N-dealkylation sites (tertiary alicyclic amines) is 2. The molecule has 0 aromatic carbocycles. The summed E-state index contributed by atoms with van der Waals surface area (Å²) in [5, 5.41) is 8.23. The van der Waals surface area contributed by atoms with Gasteiger partial charge in [0.2, 0.25) is 5.89 Å². The number of nitrogens with zero attached hydrogens (tertiary/aromatic N) is 4. The van der Waals surface area contributed by atoms with Gasteiger partial charge >= 0.3 is 0 Å². The zero-order valence-electron chi connectivity index (χ0n) is 12.8. The minimum atomic E-state index is 0.466. The van der Waals surface area contributed by atoms with Gasteiger partial charge in [-0.2, -0.15) is 0 Å². The van der Waals surface area contributed by atoms with Crippen LogP contribution in [-0.2, 0) is 6.54 Å². The van der Waals surface area contributed by atoms with Crippen molar-refractivity contribution >= 4 is 0 Å². The van der Waals surface area contributed by atoms with Crippen molar-refractivity contribution in [1.29, 1.82) is 0 Å². The maximum Gasteiger partial charge on any atom is 0.283 e. The highest BCUT2D eigenvalue weighted by atomic mass is 16.4. The molecule has 2 aromatic rings. The van der Waals surface area contributed by atoms with Gasteiger partial charge in [-0.15, -0.1) is 10.2 Å². The molecule has 2 aromatic heterocycles. The molecule has 1 atom stereocenters. The standard InChI is InChI=1S/C16H22N4O2/c1-2-9-20(8-1)13-5-3-7-19(11-13)12-15-17-18-16(22-15)14-6-4-10-21-14/h4,6,10,13H,1-3,5,7-9,11-12H2/t13-/m0/s1. The molecular formula is C16H22N4O2. The molecule has 0 saturated carbocycles. The Bertz CT molecular complexity index is 589. The van der Waals surface area contributed by atoms with Crippen LogP contribution < -0.4 is 0 Å². The van der Waals surface area contributed by atoms with Crippen LogP contribution in [0.4, 0.5) is 0 Å². The van der Waals surface area contributed by atoms with Crippen molar-refractivity contribution in [3.05, 3.63) is 24.3 Å². The normalized spacial score (nSPS) is 24.1. The highest BCUT2D eigenvalue weighted by Crippen LogP contribution is 2.23. The van der Waals surface area contributed by atoms with E-state index < -0.39 is 0 Å². The van der Waals surface area contributed by atoms with Gasteiger partial charge in [-0.25, -0.2) is 0 Å². The van der Waals surface area contributed by atoms with Crippen LogP contribution in [0.15, 0.2) is 27.2 Å². The molecule has 0 N–H and O–H groups in total. The van der Waals surface area contributed by atoms with Gasteiger partial charge < -0.3 is 8.83 Å². The minimum Gasteiger partial charge on any atom is -0.459 e. The second-order valence-corrected chi connectivity index (χ2v) is 6.25. The molecule has 0 spiro atoms. The molecule has 0 radical (unpaired) electrons. The van der Waals surface area contributed by atoms with E-state index in [1.165, 1.54) is 38.8 Å². The van der Waals surface area contributed by atoms with E-state index in [0.717, 1.165) is 19.6 Å². The average molecular weight is 302 g/mol. The smallest absolute Gasteiger partial charge is 0.283 e. The van der Waals surface area contributed by atoms with E-state index in [-0.39, 0.29) is 0 Å². The summed E-state index contributed by atoms with van der Waals surface area (Å²) in [6.45, 7) is 5.49. The summed E-state index contributed by atoms with van der Waals surface area (Å²) in [6, 6.07) is 4.36. The van der Waals surface area contributed by atoms with Crippen LogP contribution in [0.25, 0.3) is 11.7 Å². The highest BCUT2D eigenvalue weighted by Gasteiger charge is 2.27. The fraction of sp³-hybridized carbons (Fsp3) is 0.625. The van der Waals surface area contributed by atoms with Gasteiger partial charge in [0, 0.05) is 12.6 Å². The maximum atomic E-state index is 5.72. The molecule has 2 fully saturated rings. The van der Waals surface area contributed by atoms with E-state index in [2.05, 4.69) is 20.0 Å². The molecule has 118 valence electrons. The van der Waals surface area contributed by atoms with E-state index in [0.29, 0.717) is 23.6 Å². The van der Waals surface area contributed by atoms with Crippen LogP contribution >= 0.6 is 0 Å². The summed E-state index contributed by atoms with van der Waals surface area (Å²) in [7, 11) is 0. The lowest BCUT2D eigenvalue weighted by molar-refractivity contribution is 0.104. The van der Waals surface area contributed by atoms with Crippen molar-refractivity contribution in [3.8, 4) is 11.7 Å². The topological polar surface area (TPSA) is 58.5 Å².